The number of rotatable bonds is 18. The quantitative estimate of drug-likeness (QED) is 0.0918. The van der Waals surface area contributed by atoms with Crippen LogP contribution in [0.5, 0.6) is 0 Å². The molecule has 1 heterocycles. The molecule has 53 heavy (non-hydrogen) atoms. The first-order valence-electron chi connectivity index (χ1n) is 20.4. The van der Waals surface area contributed by atoms with E-state index in [-0.39, 0.29) is 29.8 Å². The van der Waals surface area contributed by atoms with E-state index in [4.69, 9.17) is 14.1 Å². The first-order chi connectivity index (χ1) is 25.4. The number of benzene rings is 2. The van der Waals surface area contributed by atoms with Gasteiger partial charge in [0.2, 0.25) is 17.7 Å². The summed E-state index contributed by atoms with van der Waals surface area (Å²) in [5.41, 5.74) is 3.77. The molecule has 0 aromatic heterocycles. The van der Waals surface area contributed by atoms with Gasteiger partial charge < -0.3 is 19.9 Å². The Balaban J connectivity index is 1.19. The number of hydroxylamine groups is 2. The Kier molecular flexibility index (Phi) is 12.4. The smallest absolute Gasteiger partial charge is 0.404 e. The van der Waals surface area contributed by atoms with Crippen molar-refractivity contribution in [3.8, 4) is 11.1 Å². The zero-order chi connectivity index (χ0) is 37.9. The van der Waals surface area contributed by atoms with E-state index in [9.17, 15) is 14.4 Å². The Labute approximate surface area is 317 Å². The van der Waals surface area contributed by atoms with Crippen LogP contribution in [0.2, 0.25) is 0 Å². The van der Waals surface area contributed by atoms with Gasteiger partial charge in [-0.05, 0) is 78.0 Å². The van der Waals surface area contributed by atoms with Gasteiger partial charge in [0.05, 0.1) is 31.2 Å². The predicted molar refractivity (Wildman–Crippen MR) is 208 cm³/mol. The van der Waals surface area contributed by atoms with Crippen LogP contribution in [0.3, 0.4) is 0 Å². The molecule has 4 aliphatic carbocycles. The SMILES string of the molecule is CCCCCCCCCC(=O)N[C@@H](CC(=O)N(OC)C1c2ccccc2-c2ccccc21)C(=O)N[C@@H](CC(C)C)B1O[C@@H]2C[C@@H]3C[C@@H](C3(C)C)[C@]2(C)O1. The van der Waals surface area contributed by atoms with Gasteiger partial charge in [0.1, 0.15) is 12.1 Å². The molecule has 0 radical (unpaired) electrons. The summed E-state index contributed by atoms with van der Waals surface area (Å²) in [7, 11) is 0.864. The Bertz CT molecular complexity index is 1570. The van der Waals surface area contributed by atoms with Crippen molar-refractivity contribution in [1.82, 2.24) is 15.7 Å². The number of unbranched alkanes of at least 4 members (excludes halogenated alkanes) is 6. The molecule has 6 atom stereocenters. The highest BCUT2D eigenvalue weighted by molar-refractivity contribution is 6.48. The van der Waals surface area contributed by atoms with Gasteiger partial charge >= 0.3 is 7.12 Å². The molecule has 1 saturated heterocycles. The van der Waals surface area contributed by atoms with E-state index in [2.05, 4.69) is 64.3 Å². The Hall–Kier alpha value is -3.21. The lowest BCUT2D eigenvalue weighted by Gasteiger charge is -2.64. The third-order valence-corrected chi connectivity index (χ3v) is 12.9. The third-order valence-electron chi connectivity index (χ3n) is 12.9. The van der Waals surface area contributed by atoms with Gasteiger partial charge in [-0.25, -0.2) is 5.06 Å². The van der Waals surface area contributed by atoms with Crippen molar-refractivity contribution in [2.75, 3.05) is 7.11 Å². The Morgan fingerprint density at radius 3 is 2.13 bits per heavy atom. The number of nitrogens with zero attached hydrogens (tertiary/aromatic N) is 1. The fraction of sp³-hybridized carbons (Fsp3) is 0.651. The topological polar surface area (TPSA) is 106 Å². The number of hydrogen-bond donors (Lipinski definition) is 2. The molecule has 10 heteroatoms. The summed E-state index contributed by atoms with van der Waals surface area (Å²) in [5.74, 6) is -0.258. The molecule has 0 unspecified atom stereocenters. The Morgan fingerprint density at radius 2 is 1.53 bits per heavy atom. The number of amides is 3. The van der Waals surface area contributed by atoms with Crippen LogP contribution in [-0.2, 0) is 28.5 Å². The van der Waals surface area contributed by atoms with Crippen molar-refractivity contribution in [2.45, 2.75) is 148 Å². The van der Waals surface area contributed by atoms with Crippen molar-refractivity contribution in [2.24, 2.45) is 23.2 Å². The van der Waals surface area contributed by atoms with Crippen LogP contribution < -0.4 is 10.6 Å². The van der Waals surface area contributed by atoms with Crippen LogP contribution in [-0.4, -0.2) is 60.7 Å². The largest absolute Gasteiger partial charge is 0.481 e. The maximum absolute atomic E-state index is 14.4. The van der Waals surface area contributed by atoms with Crippen molar-refractivity contribution >= 4 is 24.8 Å². The van der Waals surface area contributed by atoms with Crippen LogP contribution in [0, 0.1) is 23.2 Å². The molecule has 288 valence electrons. The van der Waals surface area contributed by atoms with Crippen LogP contribution in [0.25, 0.3) is 11.1 Å². The van der Waals surface area contributed by atoms with Crippen LogP contribution in [0.4, 0.5) is 0 Å². The van der Waals surface area contributed by atoms with E-state index in [0.29, 0.717) is 24.7 Å². The Morgan fingerprint density at radius 1 is 0.906 bits per heavy atom. The first-order valence-corrected chi connectivity index (χ1v) is 20.4. The average molecular weight is 728 g/mol. The maximum atomic E-state index is 14.4. The summed E-state index contributed by atoms with van der Waals surface area (Å²) in [6, 6.07) is 14.4. The standard InChI is InChI=1S/C43H62BN3O6/c1-8-9-10-11-12-13-14-23-38(48)45-34(27-39(49)47(51-7)40-32-21-17-15-19-30(32)31-20-16-18-22-33(31)40)41(50)46-37(24-28(2)3)44-52-36-26-29-25-35(42(29,4)5)43(36,6)53-44/h15-22,28-29,34-37,40H,8-14,23-27H2,1-7H3,(H,45,48)(H,46,50)/t29-,34-,35-,36+,37-,43-/m0/s1. The highest BCUT2D eigenvalue weighted by Gasteiger charge is 2.68. The molecule has 4 fully saturated rings. The summed E-state index contributed by atoms with van der Waals surface area (Å²) in [5, 5.41) is 7.54. The lowest BCUT2D eigenvalue weighted by atomic mass is 9.43. The highest BCUT2D eigenvalue weighted by Crippen LogP contribution is 2.65. The second kappa shape index (κ2) is 16.7. The monoisotopic (exact) mass is 727 g/mol. The van der Waals surface area contributed by atoms with E-state index in [0.717, 1.165) is 60.8 Å². The molecule has 7 rings (SSSR count). The van der Waals surface area contributed by atoms with Crippen molar-refractivity contribution in [3.05, 3.63) is 59.7 Å². The summed E-state index contributed by atoms with van der Waals surface area (Å²) in [6.07, 6.45) is 10.3. The molecular weight excluding hydrogens is 665 g/mol. The normalized spacial score (nSPS) is 24.8. The molecule has 5 aliphatic rings. The highest BCUT2D eigenvalue weighted by atomic mass is 16.7. The molecule has 0 spiro atoms. The minimum absolute atomic E-state index is 0.0256. The van der Waals surface area contributed by atoms with E-state index < -0.39 is 42.6 Å². The molecule has 2 bridgehead atoms. The van der Waals surface area contributed by atoms with Gasteiger partial charge in [-0.15, -0.1) is 0 Å². The van der Waals surface area contributed by atoms with Gasteiger partial charge in [-0.3, -0.25) is 19.2 Å². The zero-order valence-corrected chi connectivity index (χ0v) is 33.1. The summed E-state index contributed by atoms with van der Waals surface area (Å²) in [4.78, 5) is 48.0. The molecule has 3 amide bonds. The molecular formula is C43H62BN3O6. The van der Waals surface area contributed by atoms with E-state index in [1.165, 1.54) is 31.4 Å². The first kappa shape index (κ1) is 39.5. The minimum Gasteiger partial charge on any atom is -0.404 e. The van der Waals surface area contributed by atoms with Gasteiger partial charge in [-0.1, -0.05) is 122 Å². The number of nitrogens with one attached hydrogen (secondary N) is 2. The number of hydrogen-bond acceptors (Lipinski definition) is 6. The second-order valence-electron chi connectivity index (χ2n) is 17.3. The minimum atomic E-state index is -1.11. The van der Waals surface area contributed by atoms with Gasteiger partial charge in [0, 0.05) is 6.42 Å². The molecule has 2 aromatic carbocycles. The number of carbonyl (C=O) groups is 3. The van der Waals surface area contributed by atoms with Crippen molar-refractivity contribution < 1.29 is 28.5 Å². The predicted octanol–water partition coefficient (Wildman–Crippen LogP) is 7.96. The summed E-state index contributed by atoms with van der Waals surface area (Å²) >= 11 is 0. The van der Waals surface area contributed by atoms with Crippen LogP contribution >= 0.6 is 0 Å². The van der Waals surface area contributed by atoms with E-state index >= 15 is 0 Å². The zero-order valence-electron chi connectivity index (χ0n) is 33.1. The van der Waals surface area contributed by atoms with Gasteiger partial charge in [0.25, 0.3) is 0 Å². The van der Waals surface area contributed by atoms with Gasteiger partial charge in [-0.2, -0.15) is 0 Å². The molecule has 9 nitrogen and oxygen atoms in total. The van der Waals surface area contributed by atoms with Crippen LogP contribution in [0.1, 0.15) is 136 Å². The lowest BCUT2D eigenvalue weighted by molar-refractivity contribution is -0.199. The molecule has 1 aliphatic heterocycles. The van der Waals surface area contributed by atoms with E-state index in [1.54, 1.807) is 0 Å². The second-order valence-corrected chi connectivity index (χ2v) is 17.3. The van der Waals surface area contributed by atoms with E-state index in [1.807, 2.05) is 36.4 Å². The van der Waals surface area contributed by atoms with Crippen molar-refractivity contribution in [3.63, 3.8) is 0 Å². The average Bonchev–Trinajstić information content (AvgIpc) is 3.66. The summed E-state index contributed by atoms with van der Waals surface area (Å²) in [6.45, 7) is 13.3. The maximum Gasteiger partial charge on any atom is 0.481 e. The molecule has 2 aromatic rings. The number of fused-ring (bicyclic) bond motifs is 3. The fourth-order valence-corrected chi connectivity index (χ4v) is 9.82. The number of carbonyl (C=O) groups excluding carboxylic acids is 3. The fourth-order valence-electron chi connectivity index (χ4n) is 9.82. The molecule has 3 saturated carbocycles. The lowest BCUT2D eigenvalue weighted by Crippen LogP contribution is -2.65. The van der Waals surface area contributed by atoms with Crippen molar-refractivity contribution in [1.29, 1.82) is 0 Å². The summed E-state index contributed by atoms with van der Waals surface area (Å²) < 4.78 is 13.5. The van der Waals surface area contributed by atoms with Crippen LogP contribution in [0.15, 0.2) is 48.5 Å². The molecule has 2 N–H and O–H groups in total. The third kappa shape index (κ3) is 8.11. The van der Waals surface area contributed by atoms with Gasteiger partial charge in [0.15, 0.2) is 0 Å².